The van der Waals surface area contributed by atoms with Crippen molar-refractivity contribution in [2.45, 2.75) is 12.6 Å². The second-order valence-corrected chi connectivity index (χ2v) is 5.81. The predicted octanol–water partition coefficient (Wildman–Crippen LogP) is 3.49. The summed E-state index contributed by atoms with van der Waals surface area (Å²) in [5.41, 5.74) is -1.07. The van der Waals surface area contributed by atoms with Gasteiger partial charge in [-0.15, -0.1) is 0 Å². The summed E-state index contributed by atoms with van der Waals surface area (Å²) < 4.78 is 37.6. The van der Waals surface area contributed by atoms with Gasteiger partial charge in [0.05, 0.1) is 16.9 Å². The molecule has 3 nitrogen and oxygen atoms in total. The first-order valence-electron chi connectivity index (χ1n) is 7.38. The number of carbonyl (C=O) groups is 2. The third kappa shape index (κ3) is 2.79. The molecule has 0 bridgehead atoms. The fourth-order valence-corrected chi connectivity index (χ4v) is 2.98. The third-order valence-electron chi connectivity index (χ3n) is 4.31. The molecule has 6 heteroatoms. The van der Waals surface area contributed by atoms with Crippen LogP contribution in [0.5, 0.6) is 0 Å². The lowest BCUT2D eigenvalue weighted by atomic mass is 9.72. The summed E-state index contributed by atoms with van der Waals surface area (Å²) in [6.45, 7) is 0. The van der Waals surface area contributed by atoms with Crippen molar-refractivity contribution in [2.24, 2.45) is 11.3 Å². The van der Waals surface area contributed by atoms with Gasteiger partial charge in [-0.25, -0.2) is 0 Å². The maximum atomic E-state index is 12.5. The zero-order chi connectivity index (χ0) is 17.4. The van der Waals surface area contributed by atoms with Crippen molar-refractivity contribution >= 4 is 17.9 Å². The van der Waals surface area contributed by atoms with Crippen LogP contribution in [0, 0.1) is 11.3 Å². The smallest absolute Gasteiger partial charge is 0.295 e. The van der Waals surface area contributed by atoms with Crippen molar-refractivity contribution < 1.29 is 22.8 Å². The Bertz CT molecular complexity index is 759. The molecule has 1 saturated heterocycles. The minimum atomic E-state index is -4.37. The van der Waals surface area contributed by atoms with Crippen LogP contribution in [-0.2, 0) is 15.8 Å². The second-order valence-electron chi connectivity index (χ2n) is 5.81. The van der Waals surface area contributed by atoms with Crippen molar-refractivity contribution in [1.29, 1.82) is 0 Å². The van der Waals surface area contributed by atoms with Crippen molar-refractivity contribution in [3.8, 4) is 0 Å². The van der Waals surface area contributed by atoms with E-state index < -0.39 is 23.1 Å². The number of amides is 2. The quantitative estimate of drug-likeness (QED) is 0.861. The summed E-state index contributed by atoms with van der Waals surface area (Å²) in [5, 5.41) is 2.33. The number of halogens is 3. The van der Waals surface area contributed by atoms with Crippen LogP contribution in [0.3, 0.4) is 0 Å². The summed E-state index contributed by atoms with van der Waals surface area (Å²) >= 11 is 0. The highest BCUT2D eigenvalue weighted by atomic mass is 19.4. The van der Waals surface area contributed by atoms with Gasteiger partial charge in [-0.05, 0) is 24.1 Å². The Labute approximate surface area is 136 Å². The minimum absolute atomic E-state index is 0.289. The van der Waals surface area contributed by atoms with Gasteiger partial charge in [0, 0.05) is 0 Å². The summed E-state index contributed by atoms with van der Waals surface area (Å²) in [7, 11) is 0. The van der Waals surface area contributed by atoms with Crippen molar-refractivity contribution in [1.82, 2.24) is 5.32 Å². The van der Waals surface area contributed by atoms with Gasteiger partial charge in [0.25, 0.3) is 0 Å². The zero-order valence-electron chi connectivity index (χ0n) is 12.5. The summed E-state index contributed by atoms with van der Waals surface area (Å²) in [6, 6.07) is 4.75. The summed E-state index contributed by atoms with van der Waals surface area (Å²) in [5.74, 6) is -1.23. The number of rotatable bonds is 3. The maximum Gasteiger partial charge on any atom is 0.416 e. The molecule has 1 aromatic carbocycles. The van der Waals surface area contributed by atoms with E-state index in [0.717, 1.165) is 12.1 Å². The molecule has 2 aliphatic rings. The number of benzene rings is 1. The predicted molar refractivity (Wildman–Crippen MR) is 82.4 cm³/mol. The number of fused-ring (bicyclic) bond motifs is 1. The average Bonchev–Trinajstić information content (AvgIpc) is 2.79. The molecule has 3 rings (SSSR count). The van der Waals surface area contributed by atoms with Gasteiger partial charge in [-0.2, -0.15) is 13.2 Å². The van der Waals surface area contributed by atoms with Gasteiger partial charge in [0.1, 0.15) is 0 Å². The molecule has 1 aliphatic carbocycles. The number of hydrogen-bond donors (Lipinski definition) is 1. The van der Waals surface area contributed by atoms with E-state index in [4.69, 9.17) is 0 Å². The summed E-state index contributed by atoms with van der Waals surface area (Å²) in [6.07, 6.45) is 6.11. The molecule has 0 spiro atoms. The third-order valence-corrected chi connectivity index (χ3v) is 4.31. The van der Waals surface area contributed by atoms with Gasteiger partial charge >= 0.3 is 6.18 Å². The van der Waals surface area contributed by atoms with Crippen molar-refractivity contribution in [3.05, 3.63) is 65.8 Å². The lowest BCUT2D eigenvalue weighted by Crippen LogP contribution is -2.33. The molecule has 1 N–H and O–H groups in total. The van der Waals surface area contributed by atoms with E-state index in [-0.39, 0.29) is 18.2 Å². The van der Waals surface area contributed by atoms with Crippen molar-refractivity contribution in [2.75, 3.05) is 0 Å². The number of hydrogen-bond acceptors (Lipinski definition) is 2. The molecule has 0 saturated carbocycles. The van der Waals surface area contributed by atoms with Crippen LogP contribution in [0.15, 0.2) is 54.6 Å². The molecule has 0 radical (unpaired) electrons. The molecule has 1 aromatic rings. The standard InChI is InChI=1S/C18H14F3NO2/c19-18(20,21)13-8-6-12(7-9-13)4-3-11-17-10-2-1-5-14(17)15(23)22-16(17)24/h1-10,14H,11H2,(H,22,23,24). The highest BCUT2D eigenvalue weighted by Gasteiger charge is 2.52. The van der Waals surface area contributed by atoms with Crippen LogP contribution < -0.4 is 5.32 Å². The number of alkyl halides is 3. The molecule has 24 heavy (non-hydrogen) atoms. The Morgan fingerprint density at radius 1 is 1.12 bits per heavy atom. The number of imide groups is 1. The van der Waals surface area contributed by atoms with E-state index in [1.165, 1.54) is 12.1 Å². The minimum Gasteiger partial charge on any atom is -0.295 e. The molecule has 1 aliphatic heterocycles. The van der Waals surface area contributed by atoms with E-state index in [1.807, 2.05) is 0 Å². The van der Waals surface area contributed by atoms with E-state index in [9.17, 15) is 22.8 Å². The summed E-state index contributed by atoms with van der Waals surface area (Å²) in [4.78, 5) is 24.0. The van der Waals surface area contributed by atoms with E-state index in [1.54, 1.807) is 36.5 Å². The van der Waals surface area contributed by atoms with Gasteiger partial charge in [0.2, 0.25) is 11.8 Å². The number of carbonyl (C=O) groups excluding carboxylic acids is 2. The average molecular weight is 333 g/mol. The molecule has 2 unspecified atom stereocenters. The normalized spacial score (nSPS) is 26.0. The van der Waals surface area contributed by atoms with Crippen LogP contribution in [0.1, 0.15) is 17.5 Å². The Kier molecular flexibility index (Phi) is 3.91. The van der Waals surface area contributed by atoms with Gasteiger partial charge < -0.3 is 0 Å². The molecular weight excluding hydrogens is 319 g/mol. The fraction of sp³-hybridized carbons (Fsp3) is 0.222. The highest BCUT2D eigenvalue weighted by Crippen LogP contribution is 2.42. The van der Waals surface area contributed by atoms with Gasteiger partial charge in [-0.3, -0.25) is 14.9 Å². The van der Waals surface area contributed by atoms with Crippen LogP contribution in [0.4, 0.5) is 13.2 Å². The highest BCUT2D eigenvalue weighted by molar-refractivity contribution is 6.09. The Hall–Kier alpha value is -2.63. The Morgan fingerprint density at radius 2 is 1.83 bits per heavy atom. The van der Waals surface area contributed by atoms with E-state index in [0.29, 0.717) is 5.56 Å². The molecule has 2 atom stereocenters. The Balaban J connectivity index is 1.76. The maximum absolute atomic E-state index is 12.5. The molecule has 0 aromatic heterocycles. The molecule has 1 fully saturated rings. The van der Waals surface area contributed by atoms with Crippen LogP contribution >= 0.6 is 0 Å². The van der Waals surface area contributed by atoms with Crippen LogP contribution in [0.2, 0.25) is 0 Å². The number of allylic oxidation sites excluding steroid dienone is 3. The largest absolute Gasteiger partial charge is 0.416 e. The molecule has 1 heterocycles. The second kappa shape index (κ2) is 5.78. The van der Waals surface area contributed by atoms with E-state index >= 15 is 0 Å². The first-order chi connectivity index (χ1) is 11.3. The molecule has 124 valence electrons. The monoisotopic (exact) mass is 333 g/mol. The van der Waals surface area contributed by atoms with Crippen molar-refractivity contribution in [3.63, 3.8) is 0 Å². The van der Waals surface area contributed by atoms with Gasteiger partial charge in [-0.1, -0.05) is 48.6 Å². The molecule has 2 amide bonds. The SMILES string of the molecule is O=C1NC(=O)C2(CC=Cc3ccc(C(F)(F)F)cc3)C=CC=CC12. The topological polar surface area (TPSA) is 46.2 Å². The Morgan fingerprint density at radius 3 is 2.50 bits per heavy atom. The van der Waals surface area contributed by atoms with Crippen LogP contribution in [0.25, 0.3) is 6.08 Å². The lowest BCUT2D eigenvalue weighted by molar-refractivity contribution is -0.137. The first kappa shape index (κ1) is 16.2. The van der Waals surface area contributed by atoms with E-state index in [2.05, 4.69) is 5.32 Å². The van der Waals surface area contributed by atoms with Gasteiger partial charge in [0.15, 0.2) is 0 Å². The molecular formula is C18H14F3NO2. The zero-order valence-corrected chi connectivity index (χ0v) is 12.5. The van der Waals surface area contributed by atoms with Crippen LogP contribution in [-0.4, -0.2) is 11.8 Å². The first-order valence-corrected chi connectivity index (χ1v) is 7.38. The lowest BCUT2D eigenvalue weighted by Gasteiger charge is -2.26. The fourth-order valence-electron chi connectivity index (χ4n) is 2.98. The number of nitrogens with one attached hydrogen (secondary N) is 1.